The largest absolute Gasteiger partial charge is 0.376 e. The molecule has 0 aromatic rings. The highest BCUT2D eigenvalue weighted by molar-refractivity contribution is 5.84. The van der Waals surface area contributed by atoms with Crippen LogP contribution < -0.4 is 5.73 Å². The van der Waals surface area contributed by atoms with Crippen LogP contribution in [0.3, 0.4) is 0 Å². The van der Waals surface area contributed by atoms with Gasteiger partial charge in [0.25, 0.3) is 0 Å². The lowest BCUT2D eigenvalue weighted by molar-refractivity contribution is -0.135. The van der Waals surface area contributed by atoms with Gasteiger partial charge in [-0.15, -0.1) is 0 Å². The molecule has 0 aromatic heterocycles. The molecule has 1 unspecified atom stereocenters. The average molecular weight is 200 g/mol. The Morgan fingerprint density at radius 3 is 2.71 bits per heavy atom. The van der Waals surface area contributed by atoms with Crippen molar-refractivity contribution in [3.63, 3.8) is 0 Å². The summed E-state index contributed by atoms with van der Waals surface area (Å²) in [6.45, 7) is 4.92. The van der Waals surface area contributed by atoms with Crippen LogP contribution in [0.4, 0.5) is 0 Å². The van der Waals surface area contributed by atoms with E-state index >= 15 is 0 Å². The summed E-state index contributed by atoms with van der Waals surface area (Å²) in [7, 11) is 1.78. The molecule has 0 aromatic carbocycles. The molecule has 82 valence electrons. The SMILES string of the molecule is CN(CC1CCCO1)C(=O)C(C)(C)N. The van der Waals surface area contributed by atoms with Crippen molar-refractivity contribution in [1.29, 1.82) is 0 Å². The molecule has 1 fully saturated rings. The van der Waals surface area contributed by atoms with Crippen LogP contribution in [0.15, 0.2) is 0 Å². The molecule has 1 aliphatic rings. The van der Waals surface area contributed by atoms with E-state index < -0.39 is 5.54 Å². The second kappa shape index (κ2) is 4.28. The van der Waals surface area contributed by atoms with E-state index in [0.29, 0.717) is 6.54 Å². The summed E-state index contributed by atoms with van der Waals surface area (Å²) in [5.74, 6) is -0.0343. The third-order valence-corrected chi connectivity index (χ3v) is 2.40. The highest BCUT2D eigenvalue weighted by atomic mass is 16.5. The van der Waals surface area contributed by atoms with E-state index in [9.17, 15) is 4.79 Å². The van der Waals surface area contributed by atoms with E-state index in [4.69, 9.17) is 10.5 Å². The maximum absolute atomic E-state index is 11.7. The second-order valence-corrected chi connectivity index (χ2v) is 4.54. The van der Waals surface area contributed by atoms with Crippen LogP contribution in [-0.4, -0.2) is 42.6 Å². The number of nitrogens with two attached hydrogens (primary N) is 1. The molecule has 4 heteroatoms. The van der Waals surface area contributed by atoms with E-state index in [1.54, 1.807) is 25.8 Å². The molecule has 1 aliphatic heterocycles. The lowest BCUT2D eigenvalue weighted by Gasteiger charge is -2.27. The van der Waals surface area contributed by atoms with Crippen LogP contribution in [0.2, 0.25) is 0 Å². The Hall–Kier alpha value is -0.610. The van der Waals surface area contributed by atoms with Gasteiger partial charge in [-0.3, -0.25) is 4.79 Å². The number of rotatable bonds is 3. The smallest absolute Gasteiger partial charge is 0.241 e. The number of carbonyl (C=O) groups excluding carboxylic acids is 1. The fourth-order valence-electron chi connectivity index (χ4n) is 1.67. The van der Waals surface area contributed by atoms with Gasteiger partial charge in [0.05, 0.1) is 11.6 Å². The minimum Gasteiger partial charge on any atom is -0.376 e. The quantitative estimate of drug-likeness (QED) is 0.715. The van der Waals surface area contributed by atoms with Crippen LogP contribution in [0.25, 0.3) is 0 Å². The van der Waals surface area contributed by atoms with Crippen molar-refractivity contribution in [3.8, 4) is 0 Å². The van der Waals surface area contributed by atoms with E-state index in [-0.39, 0.29) is 12.0 Å². The average Bonchev–Trinajstić information content (AvgIpc) is 2.53. The fraction of sp³-hybridized carbons (Fsp3) is 0.900. The van der Waals surface area contributed by atoms with Gasteiger partial charge < -0.3 is 15.4 Å². The van der Waals surface area contributed by atoms with Crippen LogP contribution in [0, 0.1) is 0 Å². The van der Waals surface area contributed by atoms with Gasteiger partial charge in [0, 0.05) is 20.2 Å². The van der Waals surface area contributed by atoms with Crippen molar-refractivity contribution < 1.29 is 9.53 Å². The Morgan fingerprint density at radius 2 is 2.29 bits per heavy atom. The topological polar surface area (TPSA) is 55.6 Å². The number of likely N-dealkylation sites (N-methyl/N-ethyl adjacent to an activating group) is 1. The first kappa shape index (κ1) is 11.5. The summed E-state index contributed by atoms with van der Waals surface area (Å²) >= 11 is 0. The van der Waals surface area contributed by atoms with Crippen LogP contribution >= 0.6 is 0 Å². The van der Waals surface area contributed by atoms with Gasteiger partial charge in [-0.1, -0.05) is 0 Å². The highest BCUT2D eigenvalue weighted by Crippen LogP contribution is 2.14. The molecule has 0 spiro atoms. The summed E-state index contributed by atoms with van der Waals surface area (Å²) in [5, 5.41) is 0. The van der Waals surface area contributed by atoms with Gasteiger partial charge in [-0.2, -0.15) is 0 Å². The summed E-state index contributed by atoms with van der Waals surface area (Å²) < 4.78 is 5.45. The third-order valence-electron chi connectivity index (χ3n) is 2.40. The van der Waals surface area contributed by atoms with Crippen molar-refractivity contribution in [1.82, 2.24) is 4.90 Å². The first-order valence-electron chi connectivity index (χ1n) is 5.07. The van der Waals surface area contributed by atoms with Crippen LogP contribution in [0.1, 0.15) is 26.7 Å². The second-order valence-electron chi connectivity index (χ2n) is 4.54. The lowest BCUT2D eigenvalue weighted by Crippen LogP contribution is -2.51. The normalized spacial score (nSPS) is 22.4. The molecule has 1 amide bonds. The van der Waals surface area contributed by atoms with E-state index in [0.717, 1.165) is 19.4 Å². The number of ether oxygens (including phenoxy) is 1. The molecule has 4 nitrogen and oxygen atoms in total. The first-order chi connectivity index (χ1) is 6.41. The lowest BCUT2D eigenvalue weighted by atomic mass is 10.1. The molecule has 0 saturated carbocycles. The van der Waals surface area contributed by atoms with Crippen LogP contribution in [0.5, 0.6) is 0 Å². The van der Waals surface area contributed by atoms with Gasteiger partial charge in [0.15, 0.2) is 0 Å². The van der Waals surface area contributed by atoms with Crippen molar-refractivity contribution in [2.24, 2.45) is 5.73 Å². The van der Waals surface area contributed by atoms with Gasteiger partial charge in [0.2, 0.25) is 5.91 Å². The Labute approximate surface area is 85.4 Å². The van der Waals surface area contributed by atoms with Crippen molar-refractivity contribution in [2.75, 3.05) is 20.2 Å². The van der Waals surface area contributed by atoms with Crippen molar-refractivity contribution in [2.45, 2.75) is 38.3 Å². The van der Waals surface area contributed by atoms with Crippen molar-refractivity contribution in [3.05, 3.63) is 0 Å². The van der Waals surface area contributed by atoms with Gasteiger partial charge in [-0.05, 0) is 26.7 Å². The summed E-state index contributed by atoms with van der Waals surface area (Å²) in [4.78, 5) is 13.4. The molecule has 1 rings (SSSR count). The molecule has 14 heavy (non-hydrogen) atoms. The fourth-order valence-corrected chi connectivity index (χ4v) is 1.67. The standard InChI is InChI=1S/C10H20N2O2/c1-10(2,11)9(13)12(3)7-8-5-4-6-14-8/h8H,4-7,11H2,1-3H3. The summed E-state index contributed by atoms with van der Waals surface area (Å²) in [6, 6.07) is 0. The number of nitrogens with zero attached hydrogens (tertiary/aromatic N) is 1. The molecular formula is C10H20N2O2. The molecule has 1 atom stereocenters. The summed E-state index contributed by atoms with van der Waals surface area (Å²) in [6.07, 6.45) is 2.34. The predicted molar refractivity (Wildman–Crippen MR) is 54.9 cm³/mol. The van der Waals surface area contributed by atoms with E-state index in [2.05, 4.69) is 0 Å². The van der Waals surface area contributed by atoms with E-state index in [1.165, 1.54) is 0 Å². The molecule has 0 aliphatic carbocycles. The Morgan fingerprint density at radius 1 is 1.64 bits per heavy atom. The van der Waals surface area contributed by atoms with Gasteiger partial charge in [-0.25, -0.2) is 0 Å². The molecule has 0 radical (unpaired) electrons. The minimum absolute atomic E-state index is 0.0343. The van der Waals surface area contributed by atoms with Gasteiger partial charge >= 0.3 is 0 Å². The van der Waals surface area contributed by atoms with Crippen LogP contribution in [-0.2, 0) is 9.53 Å². The van der Waals surface area contributed by atoms with E-state index in [1.807, 2.05) is 0 Å². The summed E-state index contributed by atoms with van der Waals surface area (Å²) in [5.41, 5.74) is 4.94. The Bertz CT molecular complexity index is 205. The number of carbonyl (C=O) groups is 1. The number of amides is 1. The van der Waals surface area contributed by atoms with Crippen molar-refractivity contribution >= 4 is 5.91 Å². The van der Waals surface area contributed by atoms with Gasteiger partial charge in [0.1, 0.15) is 0 Å². The maximum atomic E-state index is 11.7. The number of hydrogen-bond donors (Lipinski definition) is 1. The first-order valence-corrected chi connectivity index (χ1v) is 5.07. The third kappa shape index (κ3) is 2.96. The maximum Gasteiger partial charge on any atom is 0.241 e. The molecule has 2 N–H and O–H groups in total. The zero-order valence-corrected chi connectivity index (χ0v) is 9.25. The molecule has 1 saturated heterocycles. The monoisotopic (exact) mass is 200 g/mol. The Kier molecular flexibility index (Phi) is 3.50. The molecular weight excluding hydrogens is 180 g/mol. The minimum atomic E-state index is -0.784. The molecule has 0 bridgehead atoms. The zero-order chi connectivity index (χ0) is 10.8. The highest BCUT2D eigenvalue weighted by Gasteiger charge is 2.28. The zero-order valence-electron chi connectivity index (χ0n) is 9.25. The molecule has 1 heterocycles. The number of hydrogen-bond acceptors (Lipinski definition) is 3. The predicted octanol–water partition coefficient (Wildman–Crippen LogP) is 0.361. The Balaban J connectivity index is 2.41.